The SMILES string of the molecule is Cc1cc2c(c(=O)n1Cc1cccs1)[C@H](c1ccccc1Cl)C(C#N)=C(N)O2. The van der Waals surface area contributed by atoms with Gasteiger partial charge in [0.05, 0.1) is 18.0 Å². The molecule has 0 bridgehead atoms. The Morgan fingerprint density at radius 1 is 1.32 bits per heavy atom. The van der Waals surface area contributed by atoms with Gasteiger partial charge in [0.1, 0.15) is 17.4 Å². The second-order valence-corrected chi connectivity index (χ2v) is 7.92. The molecule has 140 valence electrons. The van der Waals surface area contributed by atoms with Crippen molar-refractivity contribution in [2.24, 2.45) is 5.73 Å². The molecule has 0 radical (unpaired) electrons. The van der Waals surface area contributed by atoms with E-state index in [-0.39, 0.29) is 17.0 Å². The van der Waals surface area contributed by atoms with Crippen molar-refractivity contribution >= 4 is 22.9 Å². The van der Waals surface area contributed by atoms with Crippen LogP contribution in [-0.4, -0.2) is 4.57 Å². The van der Waals surface area contributed by atoms with Crippen LogP contribution in [0.1, 0.15) is 27.6 Å². The number of nitriles is 1. The van der Waals surface area contributed by atoms with Crippen molar-refractivity contribution in [2.75, 3.05) is 0 Å². The van der Waals surface area contributed by atoms with Gasteiger partial charge in [-0.1, -0.05) is 35.9 Å². The first-order chi connectivity index (χ1) is 13.5. The van der Waals surface area contributed by atoms with Crippen LogP contribution in [0.3, 0.4) is 0 Å². The molecule has 28 heavy (non-hydrogen) atoms. The molecule has 2 aromatic heterocycles. The van der Waals surface area contributed by atoms with Crippen molar-refractivity contribution in [3.63, 3.8) is 0 Å². The number of aromatic nitrogens is 1. The van der Waals surface area contributed by atoms with E-state index in [2.05, 4.69) is 6.07 Å². The zero-order valence-corrected chi connectivity index (χ0v) is 16.6. The number of hydrogen-bond donors (Lipinski definition) is 1. The number of benzene rings is 1. The number of thiophene rings is 1. The number of nitrogens with two attached hydrogens (primary N) is 1. The molecule has 7 heteroatoms. The average molecular weight is 410 g/mol. The van der Waals surface area contributed by atoms with E-state index in [0.29, 0.717) is 28.4 Å². The molecule has 0 aliphatic carbocycles. The van der Waals surface area contributed by atoms with Gasteiger partial charge in [-0.05, 0) is 30.0 Å². The molecule has 0 unspecified atom stereocenters. The highest BCUT2D eigenvalue weighted by atomic mass is 35.5. The molecule has 3 heterocycles. The smallest absolute Gasteiger partial charge is 0.259 e. The number of hydrogen-bond acceptors (Lipinski definition) is 5. The van der Waals surface area contributed by atoms with Gasteiger partial charge >= 0.3 is 0 Å². The number of nitrogens with zero attached hydrogens (tertiary/aromatic N) is 2. The van der Waals surface area contributed by atoms with Crippen molar-refractivity contribution in [2.45, 2.75) is 19.4 Å². The largest absolute Gasteiger partial charge is 0.440 e. The number of ether oxygens (including phenoxy) is 1. The van der Waals surface area contributed by atoms with E-state index in [1.165, 1.54) is 0 Å². The Morgan fingerprint density at radius 2 is 2.11 bits per heavy atom. The Kier molecular flexibility index (Phi) is 4.71. The van der Waals surface area contributed by atoms with Crippen molar-refractivity contribution in [3.8, 4) is 11.8 Å². The van der Waals surface area contributed by atoms with E-state index < -0.39 is 5.92 Å². The van der Waals surface area contributed by atoms with Crippen molar-refractivity contribution in [1.82, 2.24) is 4.57 Å². The Balaban J connectivity index is 1.97. The standard InChI is InChI=1S/C21H16ClN3O2S/c1-12-9-17-19(21(26)25(12)11-13-5-4-8-28-13)18(15(10-23)20(24)27-17)14-6-2-3-7-16(14)22/h2-9,18H,11,24H2,1H3/t18-/m1/s1. The molecular weight excluding hydrogens is 394 g/mol. The molecule has 4 rings (SSSR count). The summed E-state index contributed by atoms with van der Waals surface area (Å²) >= 11 is 8.00. The Labute approximate surface area is 170 Å². The molecule has 5 nitrogen and oxygen atoms in total. The highest BCUT2D eigenvalue weighted by Gasteiger charge is 2.35. The number of aryl methyl sites for hydroxylation is 1. The zero-order valence-electron chi connectivity index (χ0n) is 15.0. The lowest BCUT2D eigenvalue weighted by Crippen LogP contribution is -2.33. The molecule has 0 fully saturated rings. The summed E-state index contributed by atoms with van der Waals surface area (Å²) in [6, 6.07) is 15.0. The molecule has 1 aromatic carbocycles. The van der Waals surface area contributed by atoms with Gasteiger partial charge < -0.3 is 15.0 Å². The summed E-state index contributed by atoms with van der Waals surface area (Å²) < 4.78 is 7.35. The number of fused-ring (bicyclic) bond motifs is 1. The second kappa shape index (κ2) is 7.19. The average Bonchev–Trinajstić information content (AvgIpc) is 3.18. The van der Waals surface area contributed by atoms with E-state index >= 15 is 0 Å². The summed E-state index contributed by atoms with van der Waals surface area (Å²) in [6.45, 7) is 2.30. The molecule has 0 saturated carbocycles. The molecule has 0 spiro atoms. The second-order valence-electron chi connectivity index (χ2n) is 6.48. The first-order valence-electron chi connectivity index (χ1n) is 8.60. The van der Waals surface area contributed by atoms with Gasteiger partial charge in [-0.15, -0.1) is 11.3 Å². The van der Waals surface area contributed by atoms with E-state index in [9.17, 15) is 10.1 Å². The van der Waals surface area contributed by atoms with Gasteiger partial charge in [-0.25, -0.2) is 0 Å². The third-order valence-corrected chi connectivity index (χ3v) is 6.01. The summed E-state index contributed by atoms with van der Waals surface area (Å²) in [6.07, 6.45) is 0. The van der Waals surface area contributed by atoms with Crippen LogP contribution < -0.4 is 16.0 Å². The van der Waals surface area contributed by atoms with Crippen LogP contribution in [0.15, 0.2) is 64.1 Å². The molecule has 0 amide bonds. The van der Waals surface area contributed by atoms with Gasteiger partial charge in [-0.2, -0.15) is 5.26 Å². The van der Waals surface area contributed by atoms with E-state index in [1.54, 1.807) is 40.2 Å². The lowest BCUT2D eigenvalue weighted by molar-refractivity contribution is 0.389. The van der Waals surface area contributed by atoms with Crippen LogP contribution in [0, 0.1) is 18.3 Å². The zero-order chi connectivity index (χ0) is 19.8. The monoisotopic (exact) mass is 409 g/mol. The van der Waals surface area contributed by atoms with Crippen LogP contribution >= 0.6 is 22.9 Å². The Bertz CT molecular complexity index is 1190. The van der Waals surface area contributed by atoms with Crippen LogP contribution in [0.25, 0.3) is 0 Å². The summed E-state index contributed by atoms with van der Waals surface area (Å²) in [4.78, 5) is 14.6. The lowest BCUT2D eigenvalue weighted by Gasteiger charge is -2.27. The fraction of sp³-hybridized carbons (Fsp3) is 0.143. The van der Waals surface area contributed by atoms with Gasteiger partial charge in [-0.3, -0.25) is 4.79 Å². The highest BCUT2D eigenvalue weighted by Crippen LogP contribution is 2.42. The first kappa shape index (κ1) is 18.4. The lowest BCUT2D eigenvalue weighted by atomic mass is 9.84. The minimum atomic E-state index is -0.676. The maximum absolute atomic E-state index is 13.5. The predicted molar refractivity (Wildman–Crippen MR) is 110 cm³/mol. The molecule has 1 aliphatic rings. The Hall–Kier alpha value is -3.01. The summed E-state index contributed by atoms with van der Waals surface area (Å²) in [5, 5.41) is 12.2. The van der Waals surface area contributed by atoms with Crippen molar-refractivity contribution < 1.29 is 4.74 Å². The fourth-order valence-corrected chi connectivity index (χ4v) is 4.40. The quantitative estimate of drug-likeness (QED) is 0.704. The van der Waals surface area contributed by atoms with Gasteiger partial charge in [0.2, 0.25) is 5.88 Å². The number of halogens is 1. The van der Waals surface area contributed by atoms with E-state index in [1.807, 2.05) is 30.5 Å². The third kappa shape index (κ3) is 2.99. The maximum Gasteiger partial charge on any atom is 0.259 e. The predicted octanol–water partition coefficient (Wildman–Crippen LogP) is 4.14. The van der Waals surface area contributed by atoms with E-state index in [4.69, 9.17) is 22.1 Å². The minimum Gasteiger partial charge on any atom is -0.440 e. The van der Waals surface area contributed by atoms with Crippen LogP contribution in [0.2, 0.25) is 5.02 Å². The van der Waals surface area contributed by atoms with Crippen LogP contribution in [-0.2, 0) is 6.54 Å². The fourth-order valence-electron chi connectivity index (χ4n) is 3.46. The topological polar surface area (TPSA) is 81.0 Å². The molecule has 2 N–H and O–H groups in total. The number of allylic oxidation sites excluding steroid dienone is 1. The van der Waals surface area contributed by atoms with Gasteiger partial charge in [0.25, 0.3) is 5.56 Å². The first-order valence-corrected chi connectivity index (χ1v) is 9.85. The minimum absolute atomic E-state index is 0.00488. The Morgan fingerprint density at radius 3 is 2.79 bits per heavy atom. The number of rotatable bonds is 3. The van der Waals surface area contributed by atoms with E-state index in [0.717, 1.165) is 10.6 Å². The van der Waals surface area contributed by atoms with Crippen molar-refractivity contribution in [3.05, 3.63) is 96.4 Å². The molecule has 1 atom stereocenters. The normalized spacial score (nSPS) is 15.7. The summed E-state index contributed by atoms with van der Waals surface area (Å²) in [7, 11) is 0. The summed E-state index contributed by atoms with van der Waals surface area (Å²) in [5.74, 6) is -0.314. The third-order valence-electron chi connectivity index (χ3n) is 4.80. The summed E-state index contributed by atoms with van der Waals surface area (Å²) in [5.41, 5.74) is 7.76. The van der Waals surface area contributed by atoms with Gasteiger partial charge in [0.15, 0.2) is 0 Å². The molecule has 0 saturated heterocycles. The molecule has 3 aromatic rings. The molecule has 1 aliphatic heterocycles. The molecular formula is C21H16ClN3O2S. The highest BCUT2D eigenvalue weighted by molar-refractivity contribution is 7.09. The van der Waals surface area contributed by atoms with Crippen molar-refractivity contribution in [1.29, 1.82) is 5.26 Å². The van der Waals surface area contributed by atoms with Gasteiger partial charge in [0, 0.05) is 21.7 Å². The van der Waals surface area contributed by atoms with Crippen LogP contribution in [0.4, 0.5) is 0 Å². The number of pyridine rings is 1. The van der Waals surface area contributed by atoms with Crippen LogP contribution in [0.5, 0.6) is 5.75 Å². The maximum atomic E-state index is 13.5.